The maximum Gasteiger partial charge on any atom is 0.313 e. The molecule has 0 radical (unpaired) electrons. The Kier molecular flexibility index (Phi) is 6.23. The second kappa shape index (κ2) is 9.34. The van der Waals surface area contributed by atoms with Gasteiger partial charge in [0.25, 0.3) is 0 Å². The first-order valence-corrected chi connectivity index (χ1v) is 12.2. The number of benzene rings is 1. The first-order chi connectivity index (χ1) is 16.8. The third kappa shape index (κ3) is 5.17. The van der Waals surface area contributed by atoms with E-state index in [1.165, 1.54) is 0 Å². The van der Waals surface area contributed by atoms with Crippen LogP contribution in [0.2, 0.25) is 0 Å². The smallest absolute Gasteiger partial charge is 0.313 e. The highest BCUT2D eigenvalue weighted by Crippen LogP contribution is 2.40. The van der Waals surface area contributed by atoms with Crippen LogP contribution in [0.3, 0.4) is 0 Å². The van der Waals surface area contributed by atoms with Crippen molar-refractivity contribution in [3.8, 4) is 11.5 Å². The summed E-state index contributed by atoms with van der Waals surface area (Å²) in [5.74, 6) is 1.55. The van der Waals surface area contributed by atoms with Crippen LogP contribution in [0, 0.1) is 6.92 Å². The Morgan fingerprint density at radius 1 is 1.17 bits per heavy atom. The van der Waals surface area contributed by atoms with E-state index >= 15 is 0 Å². The maximum absolute atomic E-state index is 11.7. The molecular weight excluding hydrogens is 444 g/mol. The quantitative estimate of drug-likeness (QED) is 0.429. The van der Waals surface area contributed by atoms with E-state index in [9.17, 15) is 9.90 Å². The number of nitrogens with one attached hydrogen (secondary N) is 1. The van der Waals surface area contributed by atoms with E-state index in [-0.39, 0.29) is 0 Å². The average molecular weight is 477 g/mol. The van der Waals surface area contributed by atoms with Gasteiger partial charge in [-0.1, -0.05) is 6.07 Å². The molecule has 2 aromatic heterocycles. The molecule has 0 amide bonds. The number of carboxylic acid groups (broad SMARTS) is 1. The van der Waals surface area contributed by atoms with Crippen molar-refractivity contribution < 1.29 is 19.4 Å². The SMILES string of the molecule is Cc1cc(Nc2cc(Oc3cn(C4CC4)nc3C3CCOCC3)ccn2)cc(C(C)(C)C(=O)O)c1. The van der Waals surface area contributed by atoms with Crippen LogP contribution in [0.1, 0.15) is 68.3 Å². The number of aromatic nitrogens is 3. The molecule has 3 aromatic rings. The van der Waals surface area contributed by atoms with E-state index in [0.29, 0.717) is 23.5 Å². The first-order valence-electron chi connectivity index (χ1n) is 12.2. The van der Waals surface area contributed by atoms with Gasteiger partial charge in [-0.05, 0) is 75.8 Å². The molecule has 1 aliphatic carbocycles. The summed E-state index contributed by atoms with van der Waals surface area (Å²) in [7, 11) is 0. The number of carbonyl (C=O) groups is 1. The number of aliphatic carboxylic acids is 1. The molecule has 1 saturated heterocycles. The molecule has 0 bridgehead atoms. The number of hydrogen-bond donors (Lipinski definition) is 2. The number of rotatable bonds is 8. The van der Waals surface area contributed by atoms with Crippen molar-refractivity contribution in [2.45, 2.75) is 63.8 Å². The van der Waals surface area contributed by atoms with Gasteiger partial charge < -0.3 is 19.9 Å². The molecule has 8 nitrogen and oxygen atoms in total. The van der Waals surface area contributed by atoms with Crippen LogP contribution < -0.4 is 10.1 Å². The largest absolute Gasteiger partial charge is 0.481 e. The number of carboxylic acids is 1. The van der Waals surface area contributed by atoms with Gasteiger partial charge in [0.2, 0.25) is 0 Å². The summed E-state index contributed by atoms with van der Waals surface area (Å²) in [6.45, 7) is 6.87. The second-order valence-corrected chi connectivity index (χ2v) is 10.1. The number of pyridine rings is 1. The van der Waals surface area contributed by atoms with Crippen LogP contribution in [-0.4, -0.2) is 39.1 Å². The fraction of sp³-hybridized carbons (Fsp3) is 0.444. The third-order valence-corrected chi connectivity index (χ3v) is 6.82. The zero-order chi connectivity index (χ0) is 24.6. The highest BCUT2D eigenvalue weighted by atomic mass is 16.5. The van der Waals surface area contributed by atoms with Gasteiger partial charge in [-0.3, -0.25) is 9.48 Å². The first kappa shape index (κ1) is 23.4. The van der Waals surface area contributed by atoms with E-state index < -0.39 is 11.4 Å². The summed E-state index contributed by atoms with van der Waals surface area (Å²) in [6.07, 6.45) is 7.95. The standard InChI is InChI=1S/C27H32N4O4/c1-17-12-19(27(2,3)26(32)33)14-20(13-17)29-24-15-22(6-9-28-24)35-23-16-31(21-4-5-21)30-25(23)18-7-10-34-11-8-18/h6,9,12-16,18,21H,4-5,7-8,10-11H2,1-3H3,(H,28,29)(H,32,33). The minimum atomic E-state index is -0.997. The van der Waals surface area contributed by atoms with Gasteiger partial charge in [-0.25, -0.2) is 4.98 Å². The van der Waals surface area contributed by atoms with Gasteiger partial charge in [-0.2, -0.15) is 5.10 Å². The van der Waals surface area contributed by atoms with Gasteiger partial charge in [0.05, 0.1) is 17.7 Å². The summed E-state index contributed by atoms with van der Waals surface area (Å²) in [6, 6.07) is 9.90. The highest BCUT2D eigenvalue weighted by molar-refractivity contribution is 5.81. The number of nitrogens with zero attached hydrogens (tertiary/aromatic N) is 3. The Morgan fingerprint density at radius 2 is 1.94 bits per heavy atom. The predicted molar refractivity (Wildman–Crippen MR) is 133 cm³/mol. The molecule has 2 N–H and O–H groups in total. The predicted octanol–water partition coefficient (Wildman–Crippen LogP) is 5.71. The number of hydrogen-bond acceptors (Lipinski definition) is 6. The summed E-state index contributed by atoms with van der Waals surface area (Å²) in [4.78, 5) is 16.2. The highest BCUT2D eigenvalue weighted by Gasteiger charge is 2.31. The number of aryl methyl sites for hydroxylation is 1. The molecule has 1 saturated carbocycles. The molecule has 0 spiro atoms. The molecule has 2 fully saturated rings. The monoisotopic (exact) mass is 476 g/mol. The third-order valence-electron chi connectivity index (χ3n) is 6.82. The van der Waals surface area contributed by atoms with Crippen LogP contribution in [0.4, 0.5) is 11.5 Å². The molecule has 1 aliphatic heterocycles. The van der Waals surface area contributed by atoms with Gasteiger partial charge in [0.15, 0.2) is 5.75 Å². The minimum absolute atomic E-state index is 0.335. The van der Waals surface area contributed by atoms with E-state index in [4.69, 9.17) is 14.6 Å². The lowest BCUT2D eigenvalue weighted by Gasteiger charge is -2.21. The van der Waals surface area contributed by atoms with E-state index in [2.05, 4.69) is 15.0 Å². The topological polar surface area (TPSA) is 98.5 Å². The molecule has 2 aliphatic rings. The lowest BCUT2D eigenvalue weighted by molar-refractivity contribution is -0.142. The summed E-state index contributed by atoms with van der Waals surface area (Å²) >= 11 is 0. The summed E-state index contributed by atoms with van der Waals surface area (Å²) < 4.78 is 14.0. The minimum Gasteiger partial charge on any atom is -0.481 e. The molecule has 5 rings (SSSR count). The van der Waals surface area contributed by atoms with Gasteiger partial charge in [0, 0.05) is 37.1 Å². The van der Waals surface area contributed by atoms with Crippen molar-refractivity contribution in [2.24, 2.45) is 0 Å². The van der Waals surface area contributed by atoms with Crippen molar-refractivity contribution in [1.82, 2.24) is 14.8 Å². The fourth-order valence-electron chi connectivity index (χ4n) is 4.40. The van der Waals surface area contributed by atoms with Crippen molar-refractivity contribution >= 4 is 17.5 Å². The lowest BCUT2D eigenvalue weighted by Crippen LogP contribution is -2.28. The molecule has 3 heterocycles. The Morgan fingerprint density at radius 3 is 2.66 bits per heavy atom. The average Bonchev–Trinajstić information content (AvgIpc) is 3.60. The Bertz CT molecular complexity index is 1230. The Hall–Kier alpha value is -3.39. The number of ether oxygens (including phenoxy) is 2. The van der Waals surface area contributed by atoms with Crippen LogP contribution in [0.15, 0.2) is 42.7 Å². The zero-order valence-electron chi connectivity index (χ0n) is 20.5. The summed E-state index contributed by atoms with van der Waals surface area (Å²) in [5.41, 5.74) is 2.49. The lowest BCUT2D eigenvalue weighted by atomic mass is 9.84. The number of anilines is 2. The molecule has 1 aromatic carbocycles. The van der Waals surface area contributed by atoms with Gasteiger partial charge >= 0.3 is 5.97 Å². The van der Waals surface area contributed by atoms with Crippen LogP contribution >= 0.6 is 0 Å². The van der Waals surface area contributed by atoms with Crippen LogP contribution in [0.5, 0.6) is 11.5 Å². The fourth-order valence-corrected chi connectivity index (χ4v) is 4.40. The van der Waals surface area contributed by atoms with Crippen molar-refractivity contribution in [1.29, 1.82) is 0 Å². The van der Waals surface area contributed by atoms with E-state index in [1.54, 1.807) is 20.0 Å². The maximum atomic E-state index is 11.7. The Balaban J connectivity index is 1.38. The Labute approximate surface area is 205 Å². The van der Waals surface area contributed by atoms with E-state index in [1.807, 2.05) is 43.5 Å². The summed E-state index contributed by atoms with van der Waals surface area (Å²) in [5, 5.41) is 17.8. The van der Waals surface area contributed by atoms with Crippen molar-refractivity contribution in [3.05, 3.63) is 59.5 Å². The zero-order valence-corrected chi connectivity index (χ0v) is 20.5. The van der Waals surface area contributed by atoms with Crippen molar-refractivity contribution in [2.75, 3.05) is 18.5 Å². The normalized spacial score (nSPS) is 16.8. The van der Waals surface area contributed by atoms with E-state index in [0.717, 1.165) is 67.2 Å². The van der Waals surface area contributed by atoms with Crippen LogP contribution in [-0.2, 0) is 14.9 Å². The second-order valence-electron chi connectivity index (χ2n) is 10.1. The van der Waals surface area contributed by atoms with Crippen molar-refractivity contribution in [3.63, 3.8) is 0 Å². The molecule has 184 valence electrons. The molecule has 35 heavy (non-hydrogen) atoms. The molecule has 8 heteroatoms. The molecule has 0 atom stereocenters. The molecule has 0 unspecified atom stereocenters. The van der Waals surface area contributed by atoms with Crippen LogP contribution in [0.25, 0.3) is 0 Å². The van der Waals surface area contributed by atoms with Gasteiger partial charge in [-0.15, -0.1) is 0 Å². The molecular formula is C27H32N4O4. The van der Waals surface area contributed by atoms with Gasteiger partial charge in [0.1, 0.15) is 17.3 Å².